The zero-order valence-corrected chi connectivity index (χ0v) is 15.2. The first kappa shape index (κ1) is 16.8. The van der Waals surface area contributed by atoms with Crippen LogP contribution in [0.2, 0.25) is 0 Å². The monoisotopic (exact) mass is 352 g/mol. The molecule has 118 valence electrons. The zero-order valence-electron chi connectivity index (χ0n) is 13.7. The molecule has 3 heteroatoms. The Kier molecular flexibility index (Phi) is 6.56. The molecule has 2 rings (SSSR count). The normalized spacial score (nSPS) is 14.7. The minimum atomic E-state index is 0.756. The van der Waals surface area contributed by atoms with E-state index in [-0.39, 0.29) is 0 Å². The lowest BCUT2D eigenvalue weighted by molar-refractivity contribution is 0.485. The molecule has 0 heterocycles. The van der Waals surface area contributed by atoms with Crippen LogP contribution in [-0.4, -0.2) is 19.1 Å². The highest BCUT2D eigenvalue weighted by atomic mass is 79.9. The van der Waals surface area contributed by atoms with Crippen molar-refractivity contribution in [2.75, 3.05) is 18.0 Å². The third kappa shape index (κ3) is 5.00. The maximum Gasteiger partial charge on any atom is 0.0412 e. The van der Waals surface area contributed by atoms with Gasteiger partial charge in [0.15, 0.2) is 0 Å². The van der Waals surface area contributed by atoms with Crippen LogP contribution in [0.15, 0.2) is 22.7 Å². The molecule has 1 fully saturated rings. The summed E-state index contributed by atoms with van der Waals surface area (Å²) in [5.41, 5.74) is 2.82. The molecule has 0 aliphatic heterocycles. The van der Waals surface area contributed by atoms with E-state index < -0.39 is 0 Å². The summed E-state index contributed by atoms with van der Waals surface area (Å²) in [7, 11) is 0. The number of hydrogen-bond donors (Lipinski definition) is 1. The Morgan fingerprint density at radius 1 is 1.24 bits per heavy atom. The Hall–Kier alpha value is -0.540. The number of rotatable bonds is 9. The van der Waals surface area contributed by atoms with Gasteiger partial charge in [-0.05, 0) is 49.4 Å². The third-order valence-corrected chi connectivity index (χ3v) is 5.05. The number of anilines is 1. The predicted molar refractivity (Wildman–Crippen MR) is 96.0 cm³/mol. The van der Waals surface area contributed by atoms with Crippen LogP contribution in [0.1, 0.15) is 52.0 Å². The van der Waals surface area contributed by atoms with Gasteiger partial charge in [-0.2, -0.15) is 0 Å². The van der Waals surface area contributed by atoms with E-state index in [2.05, 4.69) is 65.1 Å². The van der Waals surface area contributed by atoms with Crippen molar-refractivity contribution in [1.29, 1.82) is 0 Å². The summed E-state index contributed by atoms with van der Waals surface area (Å²) in [6.07, 6.45) is 5.21. The van der Waals surface area contributed by atoms with Crippen LogP contribution >= 0.6 is 15.9 Å². The lowest BCUT2D eigenvalue weighted by Crippen LogP contribution is -2.30. The number of benzene rings is 1. The van der Waals surface area contributed by atoms with Gasteiger partial charge in [0, 0.05) is 35.8 Å². The lowest BCUT2D eigenvalue weighted by Gasteiger charge is -2.29. The fourth-order valence-corrected chi connectivity index (χ4v) is 3.21. The second-order valence-corrected chi connectivity index (χ2v) is 7.07. The molecule has 0 radical (unpaired) electrons. The van der Waals surface area contributed by atoms with Crippen molar-refractivity contribution in [3.8, 4) is 0 Å². The highest BCUT2D eigenvalue weighted by molar-refractivity contribution is 9.10. The maximum absolute atomic E-state index is 3.65. The van der Waals surface area contributed by atoms with Crippen LogP contribution in [0.25, 0.3) is 0 Å². The Morgan fingerprint density at radius 3 is 2.52 bits per heavy atom. The molecular formula is C18H29BrN2. The first-order valence-corrected chi connectivity index (χ1v) is 9.23. The Bertz CT molecular complexity index is 439. The third-order valence-electron chi connectivity index (χ3n) is 4.56. The van der Waals surface area contributed by atoms with Crippen LogP contribution in [-0.2, 0) is 6.54 Å². The molecule has 1 N–H and O–H groups in total. The van der Waals surface area contributed by atoms with Crippen LogP contribution in [0, 0.1) is 5.92 Å². The van der Waals surface area contributed by atoms with Crippen molar-refractivity contribution in [2.24, 2.45) is 5.92 Å². The van der Waals surface area contributed by atoms with E-state index in [1.54, 1.807) is 0 Å². The first-order valence-electron chi connectivity index (χ1n) is 8.44. The molecule has 1 aromatic carbocycles. The molecule has 2 nitrogen and oxygen atoms in total. The van der Waals surface area contributed by atoms with Gasteiger partial charge in [-0.25, -0.2) is 0 Å². The molecule has 0 aromatic heterocycles. The van der Waals surface area contributed by atoms with Crippen molar-refractivity contribution in [1.82, 2.24) is 5.32 Å². The lowest BCUT2D eigenvalue weighted by atomic mass is 10.0. The number of nitrogens with one attached hydrogen (secondary N) is 1. The largest absolute Gasteiger partial charge is 0.371 e. The molecule has 1 aromatic rings. The van der Waals surface area contributed by atoms with E-state index in [1.165, 1.54) is 48.0 Å². The maximum atomic E-state index is 3.65. The topological polar surface area (TPSA) is 15.3 Å². The van der Waals surface area contributed by atoms with E-state index in [0.29, 0.717) is 0 Å². The fraction of sp³-hybridized carbons (Fsp3) is 0.667. The molecule has 0 saturated heterocycles. The summed E-state index contributed by atoms with van der Waals surface area (Å²) in [6.45, 7) is 10.1. The summed E-state index contributed by atoms with van der Waals surface area (Å²) in [5, 5.41) is 3.65. The van der Waals surface area contributed by atoms with Gasteiger partial charge in [-0.3, -0.25) is 0 Å². The van der Waals surface area contributed by atoms with Gasteiger partial charge in [-0.1, -0.05) is 42.6 Å². The molecule has 0 amide bonds. The Balaban J connectivity index is 2.13. The molecule has 0 spiro atoms. The summed E-state index contributed by atoms with van der Waals surface area (Å²) in [6, 6.07) is 7.48. The number of nitrogens with zero attached hydrogens (tertiary/aromatic N) is 1. The van der Waals surface area contributed by atoms with E-state index >= 15 is 0 Å². The van der Waals surface area contributed by atoms with Crippen molar-refractivity contribution in [3.05, 3.63) is 28.2 Å². The van der Waals surface area contributed by atoms with Crippen LogP contribution < -0.4 is 10.2 Å². The van der Waals surface area contributed by atoms with Gasteiger partial charge in [0.05, 0.1) is 0 Å². The van der Waals surface area contributed by atoms with Gasteiger partial charge in [0.2, 0.25) is 0 Å². The minimum absolute atomic E-state index is 0.756. The summed E-state index contributed by atoms with van der Waals surface area (Å²) in [5.74, 6) is 0.790. The smallest absolute Gasteiger partial charge is 0.0412 e. The standard InChI is InChI=1S/C18H29BrN2/c1-4-14(5-2)13-21(6-3)18-10-7-16(19)11-15(18)12-20-17-8-9-17/h7,10-11,14,17,20H,4-6,8-9,12-13H2,1-3H3. The second-order valence-electron chi connectivity index (χ2n) is 6.15. The summed E-state index contributed by atoms with van der Waals surface area (Å²) >= 11 is 3.62. The fourth-order valence-electron chi connectivity index (χ4n) is 2.80. The van der Waals surface area contributed by atoms with Gasteiger partial charge >= 0.3 is 0 Å². The molecule has 1 saturated carbocycles. The average Bonchev–Trinajstić information content (AvgIpc) is 3.32. The highest BCUT2D eigenvalue weighted by Crippen LogP contribution is 2.28. The average molecular weight is 353 g/mol. The minimum Gasteiger partial charge on any atom is -0.371 e. The predicted octanol–water partition coefficient (Wildman–Crippen LogP) is 4.96. The molecule has 21 heavy (non-hydrogen) atoms. The van der Waals surface area contributed by atoms with Crippen molar-refractivity contribution >= 4 is 21.6 Å². The Morgan fingerprint density at radius 2 is 1.95 bits per heavy atom. The zero-order chi connectivity index (χ0) is 15.2. The highest BCUT2D eigenvalue weighted by Gasteiger charge is 2.21. The number of halogens is 1. The summed E-state index contributed by atoms with van der Waals surface area (Å²) < 4.78 is 1.18. The van der Waals surface area contributed by atoms with Crippen LogP contribution in [0.5, 0.6) is 0 Å². The molecule has 1 aliphatic carbocycles. The van der Waals surface area contributed by atoms with Crippen molar-refractivity contribution in [2.45, 2.75) is 59.0 Å². The van der Waals surface area contributed by atoms with Crippen LogP contribution in [0.4, 0.5) is 5.69 Å². The van der Waals surface area contributed by atoms with E-state index in [9.17, 15) is 0 Å². The first-order chi connectivity index (χ1) is 10.2. The van der Waals surface area contributed by atoms with Gasteiger partial charge < -0.3 is 10.2 Å². The number of hydrogen-bond acceptors (Lipinski definition) is 2. The molecular weight excluding hydrogens is 324 g/mol. The molecule has 0 bridgehead atoms. The van der Waals surface area contributed by atoms with E-state index in [1.807, 2.05) is 0 Å². The summed E-state index contributed by atoms with van der Waals surface area (Å²) in [4.78, 5) is 2.55. The van der Waals surface area contributed by atoms with Crippen molar-refractivity contribution in [3.63, 3.8) is 0 Å². The molecule has 0 atom stereocenters. The SMILES string of the molecule is CCC(CC)CN(CC)c1ccc(Br)cc1CNC1CC1. The Labute approximate surface area is 138 Å². The molecule has 0 unspecified atom stereocenters. The van der Waals surface area contributed by atoms with Gasteiger partial charge in [0.1, 0.15) is 0 Å². The van der Waals surface area contributed by atoms with Crippen LogP contribution in [0.3, 0.4) is 0 Å². The van der Waals surface area contributed by atoms with Gasteiger partial charge in [-0.15, -0.1) is 0 Å². The molecule has 1 aliphatic rings. The van der Waals surface area contributed by atoms with Crippen molar-refractivity contribution < 1.29 is 0 Å². The van der Waals surface area contributed by atoms with Gasteiger partial charge in [0.25, 0.3) is 0 Å². The second kappa shape index (κ2) is 8.19. The quantitative estimate of drug-likeness (QED) is 0.675. The van der Waals surface area contributed by atoms with E-state index in [0.717, 1.165) is 25.0 Å². The van der Waals surface area contributed by atoms with E-state index in [4.69, 9.17) is 0 Å².